The molecule has 2 nitrogen and oxygen atoms in total. The van der Waals surface area contributed by atoms with Crippen LogP contribution in [0.3, 0.4) is 0 Å². The molecule has 0 aliphatic heterocycles. The van der Waals surface area contributed by atoms with Crippen molar-refractivity contribution in [3.63, 3.8) is 0 Å². The fraction of sp³-hybridized carbons (Fsp3) is 0.448. The van der Waals surface area contributed by atoms with Crippen LogP contribution < -0.4 is 10.4 Å². The van der Waals surface area contributed by atoms with Crippen molar-refractivity contribution in [2.24, 2.45) is 0 Å². The highest BCUT2D eigenvalue weighted by molar-refractivity contribution is 5.54. The second-order valence-corrected chi connectivity index (χ2v) is 9.02. The molecule has 0 fully saturated rings. The van der Waals surface area contributed by atoms with Gasteiger partial charge < -0.3 is 10.2 Å². The molecule has 31 heavy (non-hydrogen) atoms. The largest absolute Gasteiger partial charge is 0.507 e. The molecule has 0 saturated heterocycles. The average molecular weight is 423 g/mol. The third kappa shape index (κ3) is 9.04. The minimum Gasteiger partial charge on any atom is -0.507 e. The number of phenols is 2. The van der Waals surface area contributed by atoms with E-state index in [-0.39, 0.29) is 11.5 Å². The highest BCUT2D eigenvalue weighted by Gasteiger charge is 2.08. The van der Waals surface area contributed by atoms with E-state index in [1.165, 1.54) is 22.3 Å². The summed E-state index contributed by atoms with van der Waals surface area (Å²) in [4.78, 5) is 0. The van der Waals surface area contributed by atoms with Crippen molar-refractivity contribution in [2.75, 3.05) is 0 Å². The molecule has 0 amide bonds. The molecule has 0 radical (unpaired) electrons. The standard InChI is InChI=1S/C29H42O2/c1-20(2)12-9-13-21(3)14-10-15-22(4)16-11-17-23(5)18-19-27-26(8)28(30)24(6)25(7)29(27)31/h12,14,16,18-19,30-31H,6,9-11,13,15,17H2,1-5,7-8H3. The molecule has 1 rings (SSSR count). The first-order valence-electron chi connectivity index (χ1n) is 11.4. The van der Waals surface area contributed by atoms with E-state index >= 15 is 0 Å². The zero-order valence-corrected chi connectivity index (χ0v) is 20.7. The molecule has 170 valence electrons. The maximum Gasteiger partial charge on any atom is 0.126 e. The Morgan fingerprint density at radius 3 is 1.71 bits per heavy atom. The molecule has 0 aromatic heterocycles. The molecule has 2 heteroatoms. The van der Waals surface area contributed by atoms with Gasteiger partial charge >= 0.3 is 0 Å². The molecule has 0 spiro atoms. The highest BCUT2D eigenvalue weighted by atomic mass is 16.3. The van der Waals surface area contributed by atoms with E-state index < -0.39 is 0 Å². The summed E-state index contributed by atoms with van der Waals surface area (Å²) in [5.74, 6) is 0.358. The van der Waals surface area contributed by atoms with Crippen molar-refractivity contribution >= 4 is 12.7 Å². The quantitative estimate of drug-likeness (QED) is 0.313. The molecule has 0 unspecified atom stereocenters. The summed E-state index contributed by atoms with van der Waals surface area (Å²) in [5.41, 5.74) is 6.84. The van der Waals surface area contributed by atoms with Gasteiger partial charge in [0.25, 0.3) is 0 Å². The van der Waals surface area contributed by atoms with Gasteiger partial charge in [0.2, 0.25) is 0 Å². The minimum atomic E-state index is 0.160. The Labute approximate surface area is 189 Å². The van der Waals surface area contributed by atoms with E-state index in [9.17, 15) is 10.2 Å². The van der Waals surface area contributed by atoms with Crippen LogP contribution in [0.25, 0.3) is 12.7 Å². The predicted octanol–water partition coefficient (Wildman–Crippen LogP) is 7.05. The Morgan fingerprint density at radius 1 is 0.710 bits per heavy atom. The van der Waals surface area contributed by atoms with Gasteiger partial charge in [-0.2, -0.15) is 0 Å². The number of benzene rings is 1. The van der Waals surface area contributed by atoms with Crippen molar-refractivity contribution in [3.05, 3.63) is 68.2 Å². The third-order valence-electron chi connectivity index (χ3n) is 5.80. The highest BCUT2D eigenvalue weighted by Crippen LogP contribution is 2.16. The first-order chi connectivity index (χ1) is 14.5. The molecular formula is C29H42O2. The van der Waals surface area contributed by atoms with Crippen molar-refractivity contribution in [1.82, 2.24) is 0 Å². The normalized spacial score (nSPS) is 13.6. The van der Waals surface area contributed by atoms with E-state index in [4.69, 9.17) is 0 Å². The molecule has 0 aliphatic carbocycles. The molecule has 0 atom stereocenters. The van der Waals surface area contributed by atoms with E-state index in [2.05, 4.69) is 59.4 Å². The van der Waals surface area contributed by atoms with Gasteiger partial charge in [-0.3, -0.25) is 0 Å². The lowest BCUT2D eigenvalue weighted by Gasteiger charge is -2.07. The Balaban J connectivity index is 2.63. The maximum atomic E-state index is 10.4. The molecule has 0 saturated carbocycles. The molecule has 0 aliphatic rings. The first-order valence-corrected chi connectivity index (χ1v) is 11.4. The van der Waals surface area contributed by atoms with Gasteiger partial charge in [0.05, 0.1) is 0 Å². The van der Waals surface area contributed by atoms with Crippen molar-refractivity contribution in [2.45, 2.75) is 87.0 Å². The van der Waals surface area contributed by atoms with Gasteiger partial charge in [0.1, 0.15) is 11.5 Å². The van der Waals surface area contributed by atoms with Gasteiger partial charge in [-0.05, 0) is 87.0 Å². The molecule has 0 bridgehead atoms. The topological polar surface area (TPSA) is 40.5 Å². The number of rotatable bonds is 10. The van der Waals surface area contributed by atoms with E-state index in [1.54, 1.807) is 6.92 Å². The molecule has 1 aromatic rings. The number of allylic oxidation sites excluding steroid dienone is 8. The van der Waals surface area contributed by atoms with Gasteiger partial charge in [-0.15, -0.1) is 0 Å². The summed E-state index contributed by atoms with van der Waals surface area (Å²) in [6, 6.07) is 0. The van der Waals surface area contributed by atoms with Crippen LogP contribution >= 0.6 is 0 Å². The van der Waals surface area contributed by atoms with E-state index in [0.717, 1.165) is 38.5 Å². The van der Waals surface area contributed by atoms with Crippen molar-refractivity contribution < 1.29 is 10.2 Å². The third-order valence-corrected chi connectivity index (χ3v) is 5.80. The number of hydrogen-bond donors (Lipinski definition) is 2. The van der Waals surface area contributed by atoms with Crippen LogP contribution in [0, 0.1) is 13.8 Å². The van der Waals surface area contributed by atoms with Gasteiger partial charge in [-0.1, -0.05) is 59.3 Å². The molecular weight excluding hydrogens is 380 g/mol. The zero-order chi connectivity index (χ0) is 23.6. The summed E-state index contributed by atoms with van der Waals surface area (Å²) in [5, 5.41) is 21.8. The van der Waals surface area contributed by atoms with Crippen LogP contribution in [-0.2, 0) is 0 Å². The van der Waals surface area contributed by atoms with E-state index in [0.29, 0.717) is 21.6 Å². The Kier molecular flexibility index (Phi) is 11.2. The second kappa shape index (κ2) is 13.0. The lowest BCUT2D eigenvalue weighted by Crippen LogP contribution is -2.17. The monoisotopic (exact) mass is 422 g/mol. The summed E-state index contributed by atoms with van der Waals surface area (Å²) < 4.78 is 0. The van der Waals surface area contributed by atoms with E-state index in [1.807, 2.05) is 19.1 Å². The SMILES string of the molecule is C=c1c(C)c(O)c(=CC=C(C)CCC=C(C)CCC=C(C)CCC=C(C)C)c(C)c1O. The summed E-state index contributed by atoms with van der Waals surface area (Å²) >= 11 is 0. The average Bonchev–Trinajstić information content (AvgIpc) is 2.70. The van der Waals surface area contributed by atoms with Gasteiger partial charge in [0, 0.05) is 21.6 Å². The fourth-order valence-corrected chi connectivity index (χ4v) is 3.45. The lowest BCUT2D eigenvalue weighted by atomic mass is 10.0. The summed E-state index contributed by atoms with van der Waals surface area (Å²) in [6.07, 6.45) is 17.4. The zero-order valence-electron chi connectivity index (χ0n) is 20.7. The number of hydrogen-bond acceptors (Lipinski definition) is 2. The van der Waals surface area contributed by atoms with Crippen LogP contribution in [-0.4, -0.2) is 10.2 Å². The van der Waals surface area contributed by atoms with Crippen LogP contribution in [0.5, 0.6) is 11.5 Å². The fourth-order valence-electron chi connectivity index (χ4n) is 3.45. The van der Waals surface area contributed by atoms with Crippen LogP contribution in [0.2, 0.25) is 0 Å². The van der Waals surface area contributed by atoms with Crippen LogP contribution in [0.4, 0.5) is 0 Å². The molecule has 0 heterocycles. The summed E-state index contributed by atoms with van der Waals surface area (Å²) in [7, 11) is 0. The molecule has 2 N–H and O–H groups in total. The Bertz CT molecular complexity index is 946. The summed E-state index contributed by atoms with van der Waals surface area (Å²) in [6.45, 7) is 18.3. The lowest BCUT2D eigenvalue weighted by molar-refractivity contribution is 0.445. The Morgan fingerprint density at radius 2 is 1.19 bits per heavy atom. The minimum absolute atomic E-state index is 0.160. The number of aromatic hydroxyl groups is 2. The van der Waals surface area contributed by atoms with Crippen LogP contribution in [0.15, 0.2) is 46.6 Å². The predicted molar refractivity (Wildman–Crippen MR) is 137 cm³/mol. The van der Waals surface area contributed by atoms with Gasteiger partial charge in [0.15, 0.2) is 0 Å². The molecule has 1 aromatic carbocycles. The van der Waals surface area contributed by atoms with Gasteiger partial charge in [-0.25, -0.2) is 0 Å². The second-order valence-electron chi connectivity index (χ2n) is 9.02. The van der Waals surface area contributed by atoms with Crippen molar-refractivity contribution in [1.29, 1.82) is 0 Å². The number of phenolic OH excluding ortho intramolecular Hbond substituents is 2. The first kappa shape index (κ1) is 26.6. The Hall–Kier alpha value is -2.48. The van der Waals surface area contributed by atoms with Crippen molar-refractivity contribution in [3.8, 4) is 11.5 Å². The maximum absolute atomic E-state index is 10.4. The van der Waals surface area contributed by atoms with Crippen LogP contribution in [0.1, 0.15) is 84.3 Å². The smallest absolute Gasteiger partial charge is 0.126 e.